The zero-order valence-corrected chi connectivity index (χ0v) is 10.2. The number of hydrogen-bond acceptors (Lipinski definition) is 5. The highest BCUT2D eigenvalue weighted by molar-refractivity contribution is 5.34. The summed E-state index contributed by atoms with van der Waals surface area (Å²) in [6.45, 7) is 2.89. The van der Waals surface area contributed by atoms with Gasteiger partial charge in [-0.3, -0.25) is 4.98 Å². The molecule has 0 aliphatic heterocycles. The fourth-order valence-corrected chi connectivity index (χ4v) is 1.45. The second-order valence-corrected chi connectivity index (χ2v) is 3.56. The maximum Gasteiger partial charge on any atom is 0.238 e. The lowest BCUT2D eigenvalue weighted by atomic mass is 10.3. The molecule has 1 aromatic heterocycles. The molecule has 0 aliphatic rings. The number of rotatable bonds is 5. The quantitative estimate of drug-likeness (QED) is 0.873. The Kier molecular flexibility index (Phi) is 4.09. The molecular formula is C13H15N3O2. The van der Waals surface area contributed by atoms with Gasteiger partial charge in [-0.15, -0.1) is 0 Å². The van der Waals surface area contributed by atoms with Crippen LogP contribution in [0.2, 0.25) is 0 Å². The number of nitrogens with two attached hydrogens (primary N) is 1. The van der Waals surface area contributed by atoms with Crippen LogP contribution in [0, 0.1) is 0 Å². The molecule has 5 heteroatoms. The smallest absolute Gasteiger partial charge is 0.238 e. The molecule has 0 unspecified atom stereocenters. The van der Waals surface area contributed by atoms with Gasteiger partial charge in [0.1, 0.15) is 11.5 Å². The van der Waals surface area contributed by atoms with Crippen molar-refractivity contribution in [2.75, 3.05) is 6.61 Å². The van der Waals surface area contributed by atoms with Crippen molar-refractivity contribution in [3.8, 4) is 17.4 Å². The lowest BCUT2D eigenvalue weighted by Crippen LogP contribution is -2.01. The van der Waals surface area contributed by atoms with E-state index in [1.54, 1.807) is 18.5 Å². The fraction of sp³-hybridized carbons (Fsp3) is 0.231. The van der Waals surface area contributed by atoms with Crippen LogP contribution in [0.5, 0.6) is 17.4 Å². The monoisotopic (exact) mass is 245 g/mol. The van der Waals surface area contributed by atoms with Gasteiger partial charge in [-0.05, 0) is 19.1 Å². The number of ether oxygens (including phenoxy) is 2. The summed E-state index contributed by atoms with van der Waals surface area (Å²) in [4.78, 5) is 8.22. The first-order chi connectivity index (χ1) is 8.81. The van der Waals surface area contributed by atoms with Crippen LogP contribution in [0.3, 0.4) is 0 Å². The molecule has 18 heavy (non-hydrogen) atoms. The molecule has 2 N–H and O–H groups in total. The van der Waals surface area contributed by atoms with E-state index < -0.39 is 0 Å². The summed E-state index contributed by atoms with van der Waals surface area (Å²) in [5, 5.41) is 0. The van der Waals surface area contributed by atoms with Gasteiger partial charge in [-0.2, -0.15) is 0 Å². The minimum absolute atomic E-state index is 0.336. The zero-order valence-electron chi connectivity index (χ0n) is 10.2. The average Bonchev–Trinajstić information content (AvgIpc) is 2.40. The Balaban J connectivity index is 2.14. The minimum Gasteiger partial charge on any atom is -0.494 e. The molecule has 1 heterocycles. The van der Waals surface area contributed by atoms with E-state index in [9.17, 15) is 0 Å². The Bertz CT molecular complexity index is 517. The van der Waals surface area contributed by atoms with Crippen LogP contribution in [-0.4, -0.2) is 16.6 Å². The van der Waals surface area contributed by atoms with Gasteiger partial charge in [0.25, 0.3) is 0 Å². The third-order valence-electron chi connectivity index (χ3n) is 2.21. The van der Waals surface area contributed by atoms with Gasteiger partial charge >= 0.3 is 0 Å². The molecular weight excluding hydrogens is 230 g/mol. The highest BCUT2D eigenvalue weighted by atomic mass is 16.5. The van der Waals surface area contributed by atoms with Gasteiger partial charge in [-0.25, -0.2) is 4.98 Å². The van der Waals surface area contributed by atoms with Crippen molar-refractivity contribution in [1.82, 2.24) is 9.97 Å². The number of nitrogens with zero attached hydrogens (tertiary/aromatic N) is 2. The second-order valence-electron chi connectivity index (χ2n) is 3.56. The van der Waals surface area contributed by atoms with E-state index in [0.717, 1.165) is 5.75 Å². The first-order valence-electron chi connectivity index (χ1n) is 5.73. The Labute approximate surface area is 106 Å². The van der Waals surface area contributed by atoms with Crippen molar-refractivity contribution in [2.45, 2.75) is 13.5 Å². The van der Waals surface area contributed by atoms with Crippen LogP contribution >= 0.6 is 0 Å². The van der Waals surface area contributed by atoms with Crippen molar-refractivity contribution in [3.63, 3.8) is 0 Å². The Morgan fingerprint density at radius 1 is 1.22 bits per heavy atom. The molecule has 0 spiro atoms. The van der Waals surface area contributed by atoms with Crippen molar-refractivity contribution in [2.24, 2.45) is 5.73 Å². The molecule has 2 rings (SSSR count). The maximum atomic E-state index is 5.60. The molecule has 0 amide bonds. The summed E-state index contributed by atoms with van der Waals surface area (Å²) < 4.78 is 11.0. The van der Waals surface area contributed by atoms with E-state index in [2.05, 4.69) is 9.97 Å². The summed E-state index contributed by atoms with van der Waals surface area (Å²) >= 11 is 0. The van der Waals surface area contributed by atoms with Crippen molar-refractivity contribution in [3.05, 3.63) is 42.4 Å². The van der Waals surface area contributed by atoms with Gasteiger partial charge in [0.15, 0.2) is 0 Å². The average molecular weight is 245 g/mol. The van der Waals surface area contributed by atoms with Crippen LogP contribution in [-0.2, 0) is 6.54 Å². The molecule has 0 radical (unpaired) electrons. The SMILES string of the molecule is CCOc1cccc(Oc2cncc(CN)n2)c1. The molecule has 1 aromatic carbocycles. The third kappa shape index (κ3) is 3.18. The summed E-state index contributed by atoms with van der Waals surface area (Å²) in [6.07, 6.45) is 3.16. The predicted octanol–water partition coefficient (Wildman–Crippen LogP) is 2.13. The highest BCUT2D eigenvalue weighted by Gasteiger charge is 2.02. The van der Waals surface area contributed by atoms with Gasteiger partial charge < -0.3 is 15.2 Å². The van der Waals surface area contributed by atoms with E-state index in [4.69, 9.17) is 15.2 Å². The number of benzene rings is 1. The lowest BCUT2D eigenvalue weighted by molar-refractivity contribution is 0.338. The van der Waals surface area contributed by atoms with Crippen LogP contribution < -0.4 is 15.2 Å². The third-order valence-corrected chi connectivity index (χ3v) is 2.21. The standard InChI is InChI=1S/C13H15N3O2/c1-2-17-11-4-3-5-12(6-11)18-13-9-15-8-10(7-14)16-13/h3-6,8-9H,2,7,14H2,1H3. The number of aromatic nitrogens is 2. The van der Waals surface area contributed by atoms with E-state index in [0.29, 0.717) is 30.5 Å². The van der Waals surface area contributed by atoms with Crippen molar-refractivity contribution < 1.29 is 9.47 Å². The molecule has 0 saturated heterocycles. The molecule has 5 nitrogen and oxygen atoms in total. The Morgan fingerprint density at radius 3 is 2.83 bits per heavy atom. The highest BCUT2D eigenvalue weighted by Crippen LogP contribution is 2.23. The number of hydrogen-bond donors (Lipinski definition) is 1. The summed E-state index contributed by atoms with van der Waals surface area (Å²) in [5.41, 5.74) is 6.19. The first-order valence-corrected chi connectivity index (χ1v) is 5.73. The fourth-order valence-electron chi connectivity index (χ4n) is 1.45. The van der Waals surface area contributed by atoms with Crippen LogP contribution in [0.4, 0.5) is 0 Å². The van der Waals surface area contributed by atoms with Crippen LogP contribution in [0.15, 0.2) is 36.7 Å². The summed E-state index contributed by atoms with van der Waals surface area (Å²) in [7, 11) is 0. The van der Waals surface area contributed by atoms with E-state index in [1.807, 2.05) is 25.1 Å². The predicted molar refractivity (Wildman–Crippen MR) is 67.6 cm³/mol. The Hall–Kier alpha value is -2.14. The molecule has 0 aliphatic carbocycles. The van der Waals surface area contributed by atoms with Gasteiger partial charge in [-0.1, -0.05) is 6.07 Å². The normalized spacial score (nSPS) is 10.1. The molecule has 0 fully saturated rings. The van der Waals surface area contributed by atoms with E-state index >= 15 is 0 Å². The second kappa shape index (κ2) is 5.97. The van der Waals surface area contributed by atoms with E-state index in [1.165, 1.54) is 0 Å². The van der Waals surface area contributed by atoms with Crippen LogP contribution in [0.25, 0.3) is 0 Å². The van der Waals surface area contributed by atoms with Gasteiger partial charge in [0.2, 0.25) is 5.88 Å². The molecule has 2 aromatic rings. The molecule has 94 valence electrons. The Morgan fingerprint density at radius 2 is 2.06 bits per heavy atom. The van der Waals surface area contributed by atoms with Crippen LogP contribution in [0.1, 0.15) is 12.6 Å². The first kappa shape index (κ1) is 12.3. The lowest BCUT2D eigenvalue weighted by Gasteiger charge is -2.07. The van der Waals surface area contributed by atoms with Crippen molar-refractivity contribution >= 4 is 0 Å². The summed E-state index contributed by atoms with van der Waals surface area (Å²) in [5.74, 6) is 1.84. The largest absolute Gasteiger partial charge is 0.494 e. The topological polar surface area (TPSA) is 70.3 Å². The van der Waals surface area contributed by atoms with E-state index in [-0.39, 0.29) is 0 Å². The zero-order chi connectivity index (χ0) is 12.8. The molecule has 0 saturated carbocycles. The maximum absolute atomic E-state index is 5.60. The van der Waals surface area contributed by atoms with Crippen molar-refractivity contribution in [1.29, 1.82) is 0 Å². The van der Waals surface area contributed by atoms with Gasteiger partial charge in [0.05, 0.1) is 18.5 Å². The molecule has 0 atom stereocenters. The molecule has 0 bridgehead atoms. The summed E-state index contributed by atoms with van der Waals surface area (Å²) in [6, 6.07) is 7.37. The van der Waals surface area contributed by atoms with Gasteiger partial charge in [0, 0.05) is 18.8 Å². The minimum atomic E-state index is 0.336.